The van der Waals surface area contributed by atoms with Crippen LogP contribution in [0.2, 0.25) is 0 Å². The van der Waals surface area contributed by atoms with Crippen molar-refractivity contribution in [2.24, 2.45) is 0 Å². The molecular formula is C15H13N3O3S. The van der Waals surface area contributed by atoms with Gasteiger partial charge in [-0.25, -0.2) is 0 Å². The van der Waals surface area contributed by atoms with Gasteiger partial charge in [-0.1, -0.05) is 34.6 Å². The Morgan fingerprint density at radius 1 is 1.23 bits per heavy atom. The van der Waals surface area contributed by atoms with E-state index in [0.717, 1.165) is 5.69 Å². The summed E-state index contributed by atoms with van der Waals surface area (Å²) >= 11 is 1.23. The summed E-state index contributed by atoms with van der Waals surface area (Å²) in [5.41, 5.74) is 0.810. The van der Waals surface area contributed by atoms with Gasteiger partial charge in [0.1, 0.15) is 0 Å². The van der Waals surface area contributed by atoms with Crippen LogP contribution in [0.3, 0.4) is 0 Å². The van der Waals surface area contributed by atoms with E-state index in [2.05, 4.69) is 10.2 Å². The van der Waals surface area contributed by atoms with E-state index in [4.69, 9.17) is 9.15 Å². The number of para-hydroxylation sites is 1. The van der Waals surface area contributed by atoms with Crippen molar-refractivity contribution in [3.8, 4) is 16.0 Å². The van der Waals surface area contributed by atoms with Crippen LogP contribution in [0.5, 0.6) is 5.19 Å². The average molecular weight is 315 g/mol. The van der Waals surface area contributed by atoms with Gasteiger partial charge in [0, 0.05) is 12.7 Å². The molecule has 0 atom stereocenters. The minimum Gasteiger partial charge on any atom is -0.462 e. The van der Waals surface area contributed by atoms with E-state index in [-0.39, 0.29) is 12.5 Å². The highest BCUT2D eigenvalue weighted by Crippen LogP contribution is 2.27. The fraction of sp³-hybridized carbons (Fsp3) is 0.133. The Bertz CT molecular complexity index is 741. The topological polar surface area (TPSA) is 68.5 Å². The maximum absolute atomic E-state index is 12.1. The molecule has 0 bridgehead atoms. The minimum absolute atomic E-state index is 0.0990. The van der Waals surface area contributed by atoms with Crippen molar-refractivity contribution in [1.82, 2.24) is 10.2 Å². The van der Waals surface area contributed by atoms with Gasteiger partial charge < -0.3 is 14.1 Å². The molecule has 2 aromatic heterocycles. The minimum atomic E-state index is -0.166. The Balaban J connectivity index is 1.59. The highest BCUT2D eigenvalue weighted by Gasteiger charge is 2.14. The Kier molecular flexibility index (Phi) is 4.15. The van der Waals surface area contributed by atoms with Gasteiger partial charge in [-0.05, 0) is 24.3 Å². The number of furan rings is 1. The van der Waals surface area contributed by atoms with Crippen molar-refractivity contribution in [3.63, 3.8) is 0 Å². The van der Waals surface area contributed by atoms with Gasteiger partial charge in [0.05, 0.1) is 6.26 Å². The first-order valence-electron chi connectivity index (χ1n) is 6.56. The molecule has 3 aromatic rings. The molecule has 0 radical (unpaired) electrons. The maximum Gasteiger partial charge on any atom is 0.294 e. The molecule has 0 saturated carbocycles. The molecule has 0 saturated heterocycles. The molecule has 1 aromatic carbocycles. The fourth-order valence-corrected chi connectivity index (χ4v) is 2.45. The second-order valence-electron chi connectivity index (χ2n) is 4.43. The monoisotopic (exact) mass is 315 g/mol. The summed E-state index contributed by atoms with van der Waals surface area (Å²) < 4.78 is 10.6. The number of carbonyl (C=O) groups excluding carboxylic acids is 1. The molecule has 2 heterocycles. The highest BCUT2D eigenvalue weighted by molar-refractivity contribution is 7.16. The molecule has 0 fully saturated rings. The first kappa shape index (κ1) is 14.3. The van der Waals surface area contributed by atoms with Gasteiger partial charge >= 0.3 is 0 Å². The number of aromatic nitrogens is 2. The van der Waals surface area contributed by atoms with Gasteiger partial charge in [-0.3, -0.25) is 4.79 Å². The van der Waals surface area contributed by atoms with Crippen molar-refractivity contribution in [1.29, 1.82) is 0 Å². The highest BCUT2D eigenvalue weighted by atomic mass is 32.1. The van der Waals surface area contributed by atoms with E-state index >= 15 is 0 Å². The van der Waals surface area contributed by atoms with Crippen LogP contribution in [0.15, 0.2) is 53.1 Å². The number of ether oxygens (including phenoxy) is 1. The second-order valence-corrected chi connectivity index (χ2v) is 5.37. The molecule has 0 aliphatic heterocycles. The number of likely N-dealkylation sites (N-methyl/N-ethyl adjacent to an activating group) is 1. The quantitative estimate of drug-likeness (QED) is 0.724. The van der Waals surface area contributed by atoms with E-state index in [1.807, 2.05) is 30.3 Å². The first-order chi connectivity index (χ1) is 10.7. The van der Waals surface area contributed by atoms with Gasteiger partial charge in [-0.2, -0.15) is 0 Å². The molecule has 6 nitrogen and oxygen atoms in total. The van der Waals surface area contributed by atoms with Crippen molar-refractivity contribution in [2.45, 2.75) is 0 Å². The zero-order valence-corrected chi connectivity index (χ0v) is 12.6. The average Bonchev–Trinajstić information content (AvgIpc) is 3.23. The number of amides is 1. The van der Waals surface area contributed by atoms with E-state index in [1.54, 1.807) is 25.4 Å². The van der Waals surface area contributed by atoms with Crippen LogP contribution >= 0.6 is 11.3 Å². The molecule has 22 heavy (non-hydrogen) atoms. The normalized spacial score (nSPS) is 10.4. The van der Waals surface area contributed by atoms with Crippen molar-refractivity contribution >= 4 is 22.9 Å². The molecule has 0 unspecified atom stereocenters. The second kappa shape index (κ2) is 6.40. The third-order valence-corrected chi connectivity index (χ3v) is 3.83. The van der Waals surface area contributed by atoms with E-state index < -0.39 is 0 Å². The summed E-state index contributed by atoms with van der Waals surface area (Å²) in [5.74, 6) is 0.459. The SMILES string of the molecule is CN(C(=O)COc1nnc(-c2ccco2)s1)c1ccccc1. The molecule has 112 valence electrons. The van der Waals surface area contributed by atoms with E-state index in [0.29, 0.717) is 16.0 Å². The van der Waals surface area contributed by atoms with Crippen LogP contribution in [0, 0.1) is 0 Å². The van der Waals surface area contributed by atoms with E-state index in [1.165, 1.54) is 16.2 Å². The number of hydrogen-bond acceptors (Lipinski definition) is 6. The Morgan fingerprint density at radius 3 is 2.77 bits per heavy atom. The van der Waals surface area contributed by atoms with Crippen molar-refractivity contribution in [2.75, 3.05) is 18.6 Å². The lowest BCUT2D eigenvalue weighted by Gasteiger charge is -2.16. The summed E-state index contributed by atoms with van der Waals surface area (Å²) in [6, 6.07) is 12.9. The summed E-state index contributed by atoms with van der Waals surface area (Å²) in [5, 5.41) is 8.81. The van der Waals surface area contributed by atoms with Crippen LogP contribution < -0.4 is 9.64 Å². The predicted molar refractivity (Wildman–Crippen MR) is 83.0 cm³/mol. The van der Waals surface area contributed by atoms with Crippen LogP contribution in [-0.4, -0.2) is 29.8 Å². The van der Waals surface area contributed by atoms with Crippen molar-refractivity contribution < 1.29 is 13.9 Å². The third kappa shape index (κ3) is 3.15. The lowest BCUT2D eigenvalue weighted by molar-refractivity contribution is -0.120. The molecule has 7 heteroatoms. The molecule has 0 N–H and O–H groups in total. The molecule has 3 rings (SSSR count). The molecule has 0 spiro atoms. The van der Waals surface area contributed by atoms with Gasteiger partial charge in [-0.15, -0.1) is 5.10 Å². The number of anilines is 1. The van der Waals surface area contributed by atoms with E-state index in [9.17, 15) is 4.79 Å². The lowest BCUT2D eigenvalue weighted by Crippen LogP contribution is -2.31. The number of rotatable bonds is 5. The largest absolute Gasteiger partial charge is 0.462 e. The Labute approximate surface area is 131 Å². The number of carbonyl (C=O) groups is 1. The van der Waals surface area contributed by atoms with Crippen LogP contribution in [0.4, 0.5) is 5.69 Å². The molecule has 0 aliphatic rings. The van der Waals surface area contributed by atoms with Gasteiger partial charge in [0.25, 0.3) is 11.1 Å². The summed E-state index contributed by atoms with van der Waals surface area (Å²) in [7, 11) is 1.70. The predicted octanol–water partition coefficient (Wildman–Crippen LogP) is 2.84. The number of benzene rings is 1. The third-order valence-electron chi connectivity index (χ3n) is 2.98. The molecule has 0 aliphatic carbocycles. The zero-order chi connectivity index (χ0) is 15.4. The fourth-order valence-electron chi connectivity index (χ4n) is 1.78. The number of hydrogen-bond donors (Lipinski definition) is 0. The molecular weight excluding hydrogens is 302 g/mol. The Morgan fingerprint density at radius 2 is 2.05 bits per heavy atom. The Hall–Kier alpha value is -2.67. The smallest absolute Gasteiger partial charge is 0.294 e. The van der Waals surface area contributed by atoms with Gasteiger partial charge in [0.15, 0.2) is 17.4 Å². The lowest BCUT2D eigenvalue weighted by atomic mass is 10.3. The van der Waals surface area contributed by atoms with Crippen LogP contribution in [0.1, 0.15) is 0 Å². The standard InChI is InChI=1S/C15H13N3O3S/c1-18(11-6-3-2-4-7-11)13(19)10-21-15-17-16-14(22-15)12-8-5-9-20-12/h2-9H,10H2,1H3. The summed E-state index contributed by atoms with van der Waals surface area (Å²) in [4.78, 5) is 13.6. The first-order valence-corrected chi connectivity index (χ1v) is 7.37. The maximum atomic E-state index is 12.1. The van der Waals surface area contributed by atoms with Crippen LogP contribution in [0.25, 0.3) is 10.8 Å². The zero-order valence-electron chi connectivity index (χ0n) is 11.8. The summed E-state index contributed by atoms with van der Waals surface area (Å²) in [6.07, 6.45) is 1.57. The van der Waals surface area contributed by atoms with Gasteiger partial charge in [0.2, 0.25) is 0 Å². The van der Waals surface area contributed by atoms with Crippen LogP contribution in [-0.2, 0) is 4.79 Å². The summed E-state index contributed by atoms with van der Waals surface area (Å²) in [6.45, 7) is -0.0990. The number of nitrogens with zero attached hydrogens (tertiary/aromatic N) is 3. The van der Waals surface area contributed by atoms with Crippen molar-refractivity contribution in [3.05, 3.63) is 48.7 Å². The molecule has 1 amide bonds.